The Hall–Kier alpha value is -2.36. The molecule has 0 atom stereocenters. The number of fused-ring (bicyclic) bond motifs is 1. The maximum atomic E-state index is 13.0. The van der Waals surface area contributed by atoms with Crippen molar-refractivity contribution in [1.82, 2.24) is 0 Å². The number of carbonyl (C=O) groups excluding carboxylic acids is 1. The van der Waals surface area contributed by atoms with E-state index < -0.39 is 5.78 Å². The second-order valence-electron chi connectivity index (χ2n) is 5.45. The monoisotopic (exact) mass is 440 g/mol. The van der Waals surface area contributed by atoms with Gasteiger partial charge in [-0.3, -0.25) is 4.79 Å². The smallest absolute Gasteiger partial charge is 0.258 e. The first-order valence-electron chi connectivity index (χ1n) is 7.72. The quantitative estimate of drug-likeness (QED) is 0.159. The zero-order chi connectivity index (χ0) is 20.3. The highest BCUT2D eigenvalue weighted by Crippen LogP contribution is 2.36. The summed E-state index contributed by atoms with van der Waals surface area (Å²) < 4.78 is 15.7. The van der Waals surface area contributed by atoms with Crippen molar-refractivity contribution in [3.63, 3.8) is 0 Å². The zero-order valence-electron chi connectivity index (χ0n) is 14.5. The van der Waals surface area contributed by atoms with Crippen LogP contribution in [0.2, 0.25) is 10.0 Å². The Morgan fingerprint density at radius 1 is 1.25 bits per heavy atom. The number of rotatable bonds is 8. The standard InChI is InChI=1S/C18H14Cl2N2O5S/c1-9(21)22-16-13-6-4-11(26-28-27-24-2)8-15(13)25-18(16)17(23)12-5-3-10(19)7-14(12)20/h3-8,22H,1,21H2,2H3. The van der Waals surface area contributed by atoms with Crippen LogP contribution in [0.3, 0.4) is 0 Å². The van der Waals surface area contributed by atoms with Crippen LogP contribution in [0.5, 0.6) is 5.75 Å². The molecule has 0 aliphatic rings. The number of hydrogen-bond donors (Lipinski definition) is 2. The van der Waals surface area contributed by atoms with E-state index in [9.17, 15) is 4.79 Å². The molecule has 1 heterocycles. The van der Waals surface area contributed by atoms with Gasteiger partial charge in [0, 0.05) is 22.0 Å². The number of carbonyl (C=O) groups is 1. The van der Waals surface area contributed by atoms with E-state index in [0.29, 0.717) is 39.8 Å². The van der Waals surface area contributed by atoms with E-state index in [1.54, 1.807) is 24.3 Å². The summed E-state index contributed by atoms with van der Waals surface area (Å²) in [6, 6.07) is 9.52. The zero-order valence-corrected chi connectivity index (χ0v) is 16.8. The van der Waals surface area contributed by atoms with Gasteiger partial charge in [0.25, 0.3) is 12.3 Å². The van der Waals surface area contributed by atoms with Gasteiger partial charge in [-0.25, -0.2) is 4.89 Å². The molecule has 28 heavy (non-hydrogen) atoms. The number of furan rings is 1. The van der Waals surface area contributed by atoms with Crippen LogP contribution in [-0.2, 0) is 9.22 Å². The van der Waals surface area contributed by atoms with E-state index in [1.807, 2.05) is 0 Å². The van der Waals surface area contributed by atoms with Crippen LogP contribution in [0.25, 0.3) is 11.0 Å². The Balaban J connectivity index is 2.06. The number of halogens is 2. The molecule has 1 aromatic heterocycles. The van der Waals surface area contributed by atoms with Gasteiger partial charge in [-0.2, -0.15) is 0 Å². The van der Waals surface area contributed by atoms with Crippen molar-refractivity contribution in [3.8, 4) is 5.75 Å². The molecule has 0 bridgehead atoms. The number of hydrogen-bond acceptors (Lipinski definition) is 8. The van der Waals surface area contributed by atoms with Gasteiger partial charge in [0.2, 0.25) is 5.78 Å². The third kappa shape index (κ3) is 4.37. The highest BCUT2D eigenvalue weighted by atomic mass is 35.5. The third-order valence-corrected chi connectivity index (χ3v) is 4.56. The highest BCUT2D eigenvalue weighted by molar-refractivity contribution is 7.90. The first-order valence-corrected chi connectivity index (χ1v) is 9.14. The second-order valence-corrected chi connectivity index (χ2v) is 6.74. The van der Waals surface area contributed by atoms with Gasteiger partial charge in [0.05, 0.1) is 23.6 Å². The molecule has 0 saturated carbocycles. The van der Waals surface area contributed by atoms with Gasteiger partial charge >= 0.3 is 0 Å². The van der Waals surface area contributed by atoms with Crippen LogP contribution < -0.4 is 15.2 Å². The molecular weight excluding hydrogens is 427 g/mol. The van der Waals surface area contributed by atoms with Gasteiger partial charge in [-0.1, -0.05) is 29.8 Å². The fourth-order valence-electron chi connectivity index (χ4n) is 2.45. The van der Waals surface area contributed by atoms with E-state index in [1.165, 1.54) is 19.2 Å². The molecule has 146 valence electrons. The predicted molar refractivity (Wildman–Crippen MR) is 109 cm³/mol. The van der Waals surface area contributed by atoms with Crippen molar-refractivity contribution in [3.05, 3.63) is 70.2 Å². The molecule has 0 aliphatic heterocycles. The Morgan fingerprint density at radius 3 is 2.71 bits per heavy atom. The molecule has 0 spiro atoms. The number of benzene rings is 2. The second kappa shape index (κ2) is 8.76. The maximum Gasteiger partial charge on any atom is 0.258 e. The Labute approximate surface area is 174 Å². The van der Waals surface area contributed by atoms with Crippen LogP contribution in [0.15, 0.2) is 53.2 Å². The third-order valence-electron chi connectivity index (χ3n) is 3.56. The van der Waals surface area contributed by atoms with Crippen molar-refractivity contribution in [1.29, 1.82) is 0 Å². The lowest BCUT2D eigenvalue weighted by atomic mass is 10.1. The SMILES string of the molecule is C=C(N)Nc1c(C(=O)c2ccc(Cl)cc2Cl)oc2cc(OSOOC)ccc12. The summed E-state index contributed by atoms with van der Waals surface area (Å²) in [7, 11) is 1.35. The van der Waals surface area contributed by atoms with E-state index >= 15 is 0 Å². The topological polar surface area (TPSA) is 96.0 Å². The van der Waals surface area contributed by atoms with Crippen molar-refractivity contribution in [2.24, 2.45) is 5.73 Å². The lowest BCUT2D eigenvalue weighted by Crippen LogP contribution is -2.10. The Kier molecular flexibility index (Phi) is 6.38. The fraction of sp³-hybridized carbons (Fsp3) is 0.0556. The molecule has 10 heteroatoms. The van der Waals surface area contributed by atoms with Crippen LogP contribution in [0.4, 0.5) is 5.69 Å². The van der Waals surface area contributed by atoms with Crippen LogP contribution in [0.1, 0.15) is 16.1 Å². The molecule has 0 fully saturated rings. The van der Waals surface area contributed by atoms with Gasteiger partial charge in [0.15, 0.2) is 5.76 Å². The lowest BCUT2D eigenvalue weighted by Gasteiger charge is -2.07. The molecule has 3 aromatic rings. The minimum atomic E-state index is -0.443. The van der Waals surface area contributed by atoms with Gasteiger partial charge in [0.1, 0.15) is 11.3 Å². The van der Waals surface area contributed by atoms with Gasteiger partial charge < -0.3 is 19.7 Å². The van der Waals surface area contributed by atoms with E-state index in [2.05, 4.69) is 21.1 Å². The minimum Gasteiger partial charge on any atom is -0.450 e. The van der Waals surface area contributed by atoms with Crippen LogP contribution in [0, 0.1) is 0 Å². The van der Waals surface area contributed by atoms with Gasteiger partial charge in [-0.15, -0.1) is 4.33 Å². The summed E-state index contributed by atoms with van der Waals surface area (Å²) in [5, 5.41) is 4.08. The van der Waals surface area contributed by atoms with Crippen molar-refractivity contribution < 1.29 is 22.6 Å². The Bertz CT molecular complexity index is 1050. The fourth-order valence-corrected chi connectivity index (χ4v) is 3.21. The molecule has 0 radical (unpaired) electrons. The Morgan fingerprint density at radius 2 is 2.04 bits per heavy atom. The average molecular weight is 441 g/mol. The summed E-state index contributed by atoms with van der Waals surface area (Å²) >= 11 is 12.7. The molecule has 2 aromatic carbocycles. The normalized spacial score (nSPS) is 10.8. The summed E-state index contributed by atoms with van der Waals surface area (Å²) in [4.78, 5) is 17.5. The summed E-state index contributed by atoms with van der Waals surface area (Å²) in [5.41, 5.74) is 6.66. The molecule has 3 rings (SSSR count). The van der Waals surface area contributed by atoms with Crippen LogP contribution >= 0.6 is 35.5 Å². The van der Waals surface area contributed by atoms with Crippen molar-refractivity contribution in [2.75, 3.05) is 12.4 Å². The summed E-state index contributed by atoms with van der Waals surface area (Å²) in [5.74, 6) is 0.137. The van der Waals surface area contributed by atoms with E-state index in [0.717, 1.165) is 0 Å². The van der Waals surface area contributed by atoms with Gasteiger partial charge in [-0.05, 0) is 30.3 Å². The molecule has 0 unspecified atom stereocenters. The minimum absolute atomic E-state index is 0.0174. The maximum absolute atomic E-state index is 13.0. The van der Waals surface area contributed by atoms with E-state index in [-0.39, 0.29) is 22.2 Å². The molecule has 0 aliphatic carbocycles. The summed E-state index contributed by atoms with van der Waals surface area (Å²) in [6.07, 6.45) is 0. The highest BCUT2D eigenvalue weighted by Gasteiger charge is 2.24. The van der Waals surface area contributed by atoms with E-state index in [4.69, 9.17) is 37.5 Å². The first-order chi connectivity index (χ1) is 13.4. The number of nitrogens with two attached hydrogens (primary N) is 1. The molecule has 0 amide bonds. The molecule has 7 nitrogen and oxygen atoms in total. The lowest BCUT2D eigenvalue weighted by molar-refractivity contribution is -0.164. The molecule has 3 N–H and O–H groups in total. The summed E-state index contributed by atoms with van der Waals surface area (Å²) in [6.45, 7) is 3.62. The van der Waals surface area contributed by atoms with Crippen LogP contribution in [-0.4, -0.2) is 12.9 Å². The number of nitrogens with one attached hydrogen (secondary N) is 1. The van der Waals surface area contributed by atoms with Crippen molar-refractivity contribution in [2.45, 2.75) is 0 Å². The average Bonchev–Trinajstić information content (AvgIpc) is 2.98. The largest absolute Gasteiger partial charge is 0.450 e. The van der Waals surface area contributed by atoms with Crippen molar-refractivity contribution >= 4 is 58.0 Å². The number of anilines is 1. The predicted octanol–water partition coefficient (Wildman–Crippen LogP) is 5.33. The molecule has 0 saturated heterocycles. The number of ketones is 1. The first kappa shape index (κ1) is 20.4. The molecular formula is C18H14Cl2N2O5S.